The maximum atomic E-state index is 12.0. The summed E-state index contributed by atoms with van der Waals surface area (Å²) >= 11 is 0. The highest BCUT2D eigenvalue weighted by Gasteiger charge is 2.28. The number of rotatable bonds is 6. The minimum atomic E-state index is -0.904. The maximum absolute atomic E-state index is 12.0. The lowest BCUT2D eigenvalue weighted by molar-refractivity contribution is -0.142. The van der Waals surface area contributed by atoms with Gasteiger partial charge < -0.3 is 26.4 Å². The molecule has 1 aliphatic heterocycles. The SMILES string of the molecule is CC(C)CC(CNC(=O)N1CCC(NC(N)=O)C1)C(=O)O. The van der Waals surface area contributed by atoms with Gasteiger partial charge in [-0.05, 0) is 18.8 Å². The number of likely N-dealkylation sites (tertiary alicyclic amines) is 1. The first-order valence-electron chi connectivity index (χ1n) is 7.11. The second kappa shape index (κ2) is 7.70. The van der Waals surface area contributed by atoms with Crippen LogP contribution in [-0.4, -0.2) is 53.7 Å². The van der Waals surface area contributed by atoms with Crippen LogP contribution < -0.4 is 16.4 Å². The second-order valence-corrected chi connectivity index (χ2v) is 5.79. The number of carbonyl (C=O) groups is 3. The van der Waals surface area contributed by atoms with Crippen LogP contribution in [0, 0.1) is 11.8 Å². The molecule has 0 radical (unpaired) electrons. The van der Waals surface area contributed by atoms with E-state index in [4.69, 9.17) is 10.8 Å². The Morgan fingerprint density at radius 1 is 1.38 bits per heavy atom. The number of carboxylic acid groups (broad SMARTS) is 1. The molecule has 0 aromatic rings. The first-order chi connectivity index (χ1) is 9.79. The zero-order valence-corrected chi connectivity index (χ0v) is 12.5. The van der Waals surface area contributed by atoms with E-state index in [0.717, 1.165) is 0 Å². The summed E-state index contributed by atoms with van der Waals surface area (Å²) in [5.41, 5.74) is 5.04. The molecule has 21 heavy (non-hydrogen) atoms. The molecule has 1 rings (SSSR count). The van der Waals surface area contributed by atoms with E-state index in [0.29, 0.717) is 25.9 Å². The molecule has 120 valence electrons. The lowest BCUT2D eigenvalue weighted by atomic mass is 9.97. The van der Waals surface area contributed by atoms with Crippen molar-refractivity contribution in [1.29, 1.82) is 0 Å². The summed E-state index contributed by atoms with van der Waals surface area (Å²) in [7, 11) is 0. The standard InChI is InChI=1S/C13H24N4O4/c1-8(2)5-9(11(18)19)6-15-13(21)17-4-3-10(7-17)16-12(14)20/h8-10H,3-7H2,1-2H3,(H,15,21)(H,18,19)(H3,14,16,20). The van der Waals surface area contributed by atoms with Gasteiger partial charge in [0.2, 0.25) is 0 Å². The number of nitrogens with zero attached hydrogens (tertiary/aromatic N) is 1. The van der Waals surface area contributed by atoms with Gasteiger partial charge in [0.15, 0.2) is 0 Å². The van der Waals surface area contributed by atoms with Gasteiger partial charge in [0.25, 0.3) is 0 Å². The zero-order chi connectivity index (χ0) is 16.0. The van der Waals surface area contributed by atoms with Crippen molar-refractivity contribution in [2.45, 2.75) is 32.7 Å². The molecule has 0 aliphatic carbocycles. The molecule has 0 bridgehead atoms. The molecule has 0 saturated carbocycles. The summed E-state index contributed by atoms with van der Waals surface area (Å²) in [4.78, 5) is 35.4. The molecule has 2 atom stereocenters. The van der Waals surface area contributed by atoms with E-state index in [1.165, 1.54) is 0 Å². The van der Waals surface area contributed by atoms with Crippen molar-refractivity contribution in [1.82, 2.24) is 15.5 Å². The molecule has 0 spiro atoms. The highest BCUT2D eigenvalue weighted by molar-refractivity contribution is 5.77. The fourth-order valence-electron chi connectivity index (χ4n) is 2.43. The molecular weight excluding hydrogens is 276 g/mol. The van der Waals surface area contributed by atoms with Crippen molar-refractivity contribution in [3.8, 4) is 0 Å². The van der Waals surface area contributed by atoms with E-state index in [1.54, 1.807) is 4.90 Å². The third-order valence-electron chi connectivity index (χ3n) is 3.43. The minimum absolute atomic E-state index is 0.108. The van der Waals surface area contributed by atoms with Crippen molar-refractivity contribution in [3.05, 3.63) is 0 Å². The fourth-order valence-corrected chi connectivity index (χ4v) is 2.43. The van der Waals surface area contributed by atoms with Crippen LogP contribution in [0.1, 0.15) is 26.7 Å². The smallest absolute Gasteiger partial charge is 0.317 e. The highest BCUT2D eigenvalue weighted by Crippen LogP contribution is 2.12. The Morgan fingerprint density at radius 2 is 2.05 bits per heavy atom. The molecule has 2 unspecified atom stereocenters. The average molecular weight is 300 g/mol. The first kappa shape index (κ1) is 17.1. The van der Waals surface area contributed by atoms with E-state index in [1.807, 2.05) is 13.8 Å². The number of hydrogen-bond acceptors (Lipinski definition) is 3. The summed E-state index contributed by atoms with van der Waals surface area (Å²) in [6.45, 7) is 4.89. The van der Waals surface area contributed by atoms with E-state index in [2.05, 4.69) is 10.6 Å². The van der Waals surface area contributed by atoms with E-state index in [9.17, 15) is 14.4 Å². The molecule has 1 saturated heterocycles. The highest BCUT2D eigenvalue weighted by atomic mass is 16.4. The van der Waals surface area contributed by atoms with Gasteiger partial charge in [0.1, 0.15) is 0 Å². The molecule has 0 aromatic heterocycles. The van der Waals surface area contributed by atoms with Gasteiger partial charge in [0, 0.05) is 25.7 Å². The van der Waals surface area contributed by atoms with Gasteiger partial charge in [-0.1, -0.05) is 13.8 Å². The van der Waals surface area contributed by atoms with Crippen LogP contribution in [0.4, 0.5) is 9.59 Å². The Morgan fingerprint density at radius 3 is 2.57 bits per heavy atom. The second-order valence-electron chi connectivity index (χ2n) is 5.79. The Labute approximate surface area is 124 Å². The first-order valence-corrected chi connectivity index (χ1v) is 7.11. The molecule has 1 fully saturated rings. The van der Waals surface area contributed by atoms with Crippen LogP contribution in [-0.2, 0) is 4.79 Å². The average Bonchev–Trinajstić information content (AvgIpc) is 2.80. The predicted octanol–water partition coefficient (Wildman–Crippen LogP) is 0.186. The Balaban J connectivity index is 2.39. The normalized spacial score (nSPS) is 19.4. The molecule has 4 amide bonds. The number of amides is 4. The number of hydrogen-bond donors (Lipinski definition) is 4. The molecule has 1 heterocycles. The molecular formula is C13H24N4O4. The lowest BCUT2D eigenvalue weighted by Gasteiger charge is -2.20. The maximum Gasteiger partial charge on any atom is 0.317 e. The fraction of sp³-hybridized carbons (Fsp3) is 0.769. The monoisotopic (exact) mass is 300 g/mol. The van der Waals surface area contributed by atoms with Crippen LogP contribution in [0.3, 0.4) is 0 Å². The van der Waals surface area contributed by atoms with Gasteiger partial charge in [-0.3, -0.25) is 4.79 Å². The number of carbonyl (C=O) groups excluding carboxylic acids is 2. The predicted molar refractivity (Wildman–Crippen MR) is 76.7 cm³/mol. The van der Waals surface area contributed by atoms with E-state index >= 15 is 0 Å². The topological polar surface area (TPSA) is 125 Å². The minimum Gasteiger partial charge on any atom is -0.481 e. The van der Waals surface area contributed by atoms with Crippen molar-refractivity contribution in [3.63, 3.8) is 0 Å². The van der Waals surface area contributed by atoms with Gasteiger partial charge in [-0.25, -0.2) is 9.59 Å². The van der Waals surface area contributed by atoms with Crippen molar-refractivity contribution in [2.24, 2.45) is 17.6 Å². The number of nitrogens with two attached hydrogens (primary N) is 1. The quantitative estimate of drug-likeness (QED) is 0.558. The summed E-state index contributed by atoms with van der Waals surface area (Å²) in [5, 5.41) is 14.3. The largest absolute Gasteiger partial charge is 0.481 e. The third-order valence-corrected chi connectivity index (χ3v) is 3.43. The number of aliphatic carboxylic acids is 1. The van der Waals surface area contributed by atoms with E-state index < -0.39 is 17.9 Å². The molecule has 5 N–H and O–H groups in total. The van der Waals surface area contributed by atoms with Crippen LogP contribution in [0.2, 0.25) is 0 Å². The summed E-state index contributed by atoms with van der Waals surface area (Å²) in [6.07, 6.45) is 1.16. The number of nitrogens with one attached hydrogen (secondary N) is 2. The van der Waals surface area contributed by atoms with Gasteiger partial charge in [-0.2, -0.15) is 0 Å². The van der Waals surface area contributed by atoms with Crippen molar-refractivity contribution in [2.75, 3.05) is 19.6 Å². The van der Waals surface area contributed by atoms with Crippen molar-refractivity contribution >= 4 is 18.0 Å². The Kier molecular flexibility index (Phi) is 6.26. The Hall–Kier alpha value is -1.99. The van der Waals surface area contributed by atoms with E-state index in [-0.39, 0.29) is 24.5 Å². The van der Waals surface area contributed by atoms with Gasteiger partial charge in [-0.15, -0.1) is 0 Å². The molecule has 1 aliphatic rings. The van der Waals surface area contributed by atoms with Crippen LogP contribution in [0.15, 0.2) is 0 Å². The lowest BCUT2D eigenvalue weighted by Crippen LogP contribution is -2.45. The van der Waals surface area contributed by atoms with Gasteiger partial charge in [0.05, 0.1) is 5.92 Å². The summed E-state index contributed by atoms with van der Waals surface area (Å²) < 4.78 is 0. The van der Waals surface area contributed by atoms with Crippen molar-refractivity contribution < 1.29 is 19.5 Å². The van der Waals surface area contributed by atoms with Crippen LogP contribution in [0.5, 0.6) is 0 Å². The molecule has 8 heteroatoms. The molecule has 0 aromatic carbocycles. The summed E-state index contributed by atoms with van der Waals surface area (Å²) in [6, 6.07) is -1.05. The van der Waals surface area contributed by atoms with Crippen LogP contribution in [0.25, 0.3) is 0 Å². The third kappa shape index (κ3) is 5.88. The zero-order valence-electron chi connectivity index (χ0n) is 12.5. The summed E-state index contributed by atoms with van der Waals surface area (Å²) in [5.74, 6) is -1.24. The number of urea groups is 2. The Bertz CT molecular complexity index is 400. The van der Waals surface area contributed by atoms with Crippen LogP contribution >= 0.6 is 0 Å². The number of primary amides is 1. The molecule has 8 nitrogen and oxygen atoms in total. The number of carboxylic acids is 1. The van der Waals surface area contributed by atoms with Gasteiger partial charge >= 0.3 is 18.0 Å².